The van der Waals surface area contributed by atoms with E-state index in [-0.39, 0.29) is 12.7 Å². The molecule has 0 fully saturated rings. The summed E-state index contributed by atoms with van der Waals surface area (Å²) in [5, 5.41) is 0. The second-order valence-corrected chi connectivity index (χ2v) is 3.94. The number of hydrogen-bond donors (Lipinski definition) is 0. The fraction of sp³-hybridized carbons (Fsp3) is 0.0769. The van der Waals surface area contributed by atoms with E-state index in [4.69, 9.17) is 4.65 Å². The zero-order valence-electron chi connectivity index (χ0n) is 8.69. The van der Waals surface area contributed by atoms with Crippen LogP contribution in [0, 0.1) is 5.82 Å². The van der Waals surface area contributed by atoms with Gasteiger partial charge in [-0.3, -0.25) is 0 Å². The molecule has 0 aromatic heterocycles. The highest BCUT2D eigenvalue weighted by molar-refractivity contribution is 6.81. The van der Waals surface area contributed by atoms with Crippen molar-refractivity contribution in [2.75, 3.05) is 0 Å². The van der Waals surface area contributed by atoms with Crippen LogP contribution in [0.4, 0.5) is 4.39 Å². The molecule has 78 valence electrons. The topological polar surface area (TPSA) is 9.23 Å². The van der Waals surface area contributed by atoms with Crippen LogP contribution in [0.3, 0.4) is 0 Å². The Morgan fingerprint density at radius 1 is 1.06 bits per heavy atom. The van der Waals surface area contributed by atoms with Crippen LogP contribution in [0.5, 0.6) is 0 Å². The number of halogens is 1. The molecule has 2 aromatic carbocycles. The van der Waals surface area contributed by atoms with Crippen LogP contribution < -0.4 is 10.9 Å². The molecule has 0 bridgehead atoms. The van der Waals surface area contributed by atoms with Crippen LogP contribution in [0.2, 0.25) is 0 Å². The summed E-state index contributed by atoms with van der Waals surface area (Å²) in [5.41, 5.74) is 3.15. The molecular formula is C13H10BFO. The first-order valence-corrected chi connectivity index (χ1v) is 5.29. The first-order chi connectivity index (χ1) is 7.84. The van der Waals surface area contributed by atoms with Gasteiger partial charge in [0.25, 0.3) is 0 Å². The molecule has 0 saturated carbocycles. The van der Waals surface area contributed by atoms with Gasteiger partial charge in [-0.25, -0.2) is 4.39 Å². The van der Waals surface area contributed by atoms with E-state index in [0.29, 0.717) is 6.61 Å². The molecule has 1 aliphatic rings. The van der Waals surface area contributed by atoms with Crippen molar-refractivity contribution in [3.63, 3.8) is 0 Å². The third-order valence-corrected chi connectivity index (χ3v) is 2.90. The van der Waals surface area contributed by atoms with Crippen LogP contribution >= 0.6 is 0 Å². The molecule has 1 nitrogen and oxygen atoms in total. The highest BCUT2D eigenvalue weighted by atomic mass is 19.1. The molecule has 1 heterocycles. The summed E-state index contributed by atoms with van der Waals surface area (Å²) < 4.78 is 18.7. The van der Waals surface area contributed by atoms with Gasteiger partial charge in [-0.05, 0) is 28.6 Å². The van der Waals surface area contributed by atoms with Crippen molar-refractivity contribution in [1.29, 1.82) is 0 Å². The quantitative estimate of drug-likeness (QED) is 0.650. The second kappa shape index (κ2) is 3.76. The largest absolute Gasteiger partial charge is 0.423 e. The first kappa shape index (κ1) is 9.61. The van der Waals surface area contributed by atoms with Crippen molar-refractivity contribution in [1.82, 2.24) is 0 Å². The van der Waals surface area contributed by atoms with Crippen LogP contribution in [0.15, 0.2) is 48.5 Å². The van der Waals surface area contributed by atoms with Crippen molar-refractivity contribution in [2.45, 2.75) is 6.61 Å². The molecule has 2 aromatic rings. The van der Waals surface area contributed by atoms with E-state index in [2.05, 4.69) is 0 Å². The van der Waals surface area contributed by atoms with E-state index in [1.807, 2.05) is 36.4 Å². The number of rotatable bonds is 1. The Balaban J connectivity index is 2.04. The van der Waals surface area contributed by atoms with Gasteiger partial charge in [-0.15, -0.1) is 0 Å². The predicted octanol–water partition coefficient (Wildman–Crippen LogP) is 1.46. The van der Waals surface area contributed by atoms with Gasteiger partial charge in [0.05, 0.1) is 6.61 Å². The Hall–Kier alpha value is -1.61. The number of hydrogen-bond acceptors (Lipinski definition) is 1. The van der Waals surface area contributed by atoms with Gasteiger partial charge in [0.2, 0.25) is 0 Å². The number of fused-ring (bicyclic) bond motifs is 1. The average Bonchev–Trinajstić information content (AvgIpc) is 2.73. The second-order valence-electron chi connectivity index (χ2n) is 3.94. The smallest absolute Gasteiger partial charge is 0.362 e. The maximum Gasteiger partial charge on any atom is 0.362 e. The maximum absolute atomic E-state index is 13.0. The molecule has 0 spiro atoms. The van der Waals surface area contributed by atoms with E-state index in [1.54, 1.807) is 6.07 Å². The van der Waals surface area contributed by atoms with Crippen LogP contribution in [-0.2, 0) is 11.3 Å². The third-order valence-electron chi connectivity index (χ3n) is 2.90. The Morgan fingerprint density at radius 2 is 1.88 bits per heavy atom. The van der Waals surface area contributed by atoms with Crippen LogP contribution in [0.1, 0.15) is 5.56 Å². The van der Waals surface area contributed by atoms with E-state index in [1.165, 1.54) is 6.07 Å². The maximum atomic E-state index is 13.0. The lowest BCUT2D eigenvalue weighted by molar-refractivity contribution is 0.336. The Morgan fingerprint density at radius 3 is 2.69 bits per heavy atom. The molecule has 16 heavy (non-hydrogen) atoms. The predicted molar refractivity (Wildman–Crippen MR) is 62.7 cm³/mol. The highest BCUT2D eigenvalue weighted by Crippen LogP contribution is 2.12. The van der Waals surface area contributed by atoms with Crippen LogP contribution in [0.25, 0.3) is 0 Å². The lowest BCUT2D eigenvalue weighted by atomic mass is 9.56. The standard InChI is InChI=1S/C13H10BFO/c15-12-6-7-13-10(8-12)9-16-14(13)11-4-2-1-3-5-11/h1-8H,9H2. The van der Waals surface area contributed by atoms with Crippen molar-refractivity contribution in [3.05, 3.63) is 59.9 Å². The van der Waals surface area contributed by atoms with E-state index < -0.39 is 0 Å². The average molecular weight is 212 g/mol. The molecule has 0 aliphatic carbocycles. The van der Waals surface area contributed by atoms with Crippen molar-refractivity contribution >= 4 is 17.8 Å². The molecule has 0 atom stereocenters. The van der Waals surface area contributed by atoms with Gasteiger partial charge in [0, 0.05) is 0 Å². The third kappa shape index (κ3) is 1.53. The summed E-state index contributed by atoms with van der Waals surface area (Å²) in [6.45, 7) is 0.448. The normalized spacial score (nSPS) is 13.9. The molecule has 0 amide bonds. The summed E-state index contributed by atoms with van der Waals surface area (Å²) in [4.78, 5) is 0. The Kier molecular flexibility index (Phi) is 2.26. The van der Waals surface area contributed by atoms with E-state index >= 15 is 0 Å². The molecule has 1 aliphatic heterocycles. The molecular weight excluding hydrogens is 202 g/mol. The van der Waals surface area contributed by atoms with E-state index in [9.17, 15) is 4.39 Å². The molecule has 0 N–H and O–H groups in total. The summed E-state index contributed by atoms with van der Waals surface area (Å²) in [6, 6.07) is 14.9. The minimum absolute atomic E-state index is 0.0446. The van der Waals surface area contributed by atoms with Gasteiger partial charge in [-0.1, -0.05) is 36.4 Å². The zero-order chi connectivity index (χ0) is 11.0. The SMILES string of the molecule is Fc1ccc2c(c1)COB2c1ccccc1. The fourth-order valence-electron chi connectivity index (χ4n) is 2.12. The Labute approximate surface area is 94.0 Å². The van der Waals surface area contributed by atoms with Gasteiger partial charge in [-0.2, -0.15) is 0 Å². The molecule has 0 radical (unpaired) electrons. The minimum atomic E-state index is -0.198. The fourth-order valence-corrected chi connectivity index (χ4v) is 2.12. The van der Waals surface area contributed by atoms with Crippen LogP contribution in [-0.4, -0.2) is 6.92 Å². The summed E-state index contributed by atoms with van der Waals surface area (Å²) in [5.74, 6) is -0.198. The van der Waals surface area contributed by atoms with Crippen molar-refractivity contribution in [2.24, 2.45) is 0 Å². The summed E-state index contributed by atoms with van der Waals surface area (Å²) >= 11 is 0. The Bertz CT molecular complexity index is 513. The summed E-state index contributed by atoms with van der Waals surface area (Å²) in [6.07, 6.45) is 0. The van der Waals surface area contributed by atoms with Crippen molar-refractivity contribution in [3.8, 4) is 0 Å². The summed E-state index contributed by atoms with van der Waals surface area (Å²) in [7, 11) is 0. The van der Waals surface area contributed by atoms with Gasteiger partial charge >= 0.3 is 6.92 Å². The van der Waals surface area contributed by atoms with E-state index in [0.717, 1.165) is 16.5 Å². The minimum Gasteiger partial charge on any atom is -0.423 e. The number of benzene rings is 2. The van der Waals surface area contributed by atoms with Gasteiger partial charge in [0.15, 0.2) is 0 Å². The first-order valence-electron chi connectivity index (χ1n) is 5.29. The molecule has 0 unspecified atom stereocenters. The molecule has 3 heteroatoms. The highest BCUT2D eigenvalue weighted by Gasteiger charge is 2.29. The van der Waals surface area contributed by atoms with Gasteiger partial charge < -0.3 is 4.65 Å². The zero-order valence-corrected chi connectivity index (χ0v) is 8.69. The molecule has 3 rings (SSSR count). The molecule has 0 saturated heterocycles. The van der Waals surface area contributed by atoms with Gasteiger partial charge in [0.1, 0.15) is 5.82 Å². The van der Waals surface area contributed by atoms with Crippen molar-refractivity contribution < 1.29 is 9.04 Å². The monoisotopic (exact) mass is 212 g/mol. The lowest BCUT2D eigenvalue weighted by Gasteiger charge is -2.06. The lowest BCUT2D eigenvalue weighted by Crippen LogP contribution is -2.41.